The minimum atomic E-state index is -2.88. The molecule has 3 heterocycles. The number of amides is 1. The number of pyridine rings is 1. The Labute approximate surface area is 147 Å². The lowest BCUT2D eigenvalue weighted by molar-refractivity contribution is 0.0974. The molecule has 1 aliphatic rings. The van der Waals surface area contributed by atoms with Crippen LogP contribution < -0.4 is 5.32 Å². The van der Waals surface area contributed by atoms with E-state index in [1.807, 2.05) is 12.1 Å². The zero-order chi connectivity index (χ0) is 18.1. The normalized spacial score (nSPS) is 14.0. The van der Waals surface area contributed by atoms with Crippen LogP contribution in [0.4, 0.5) is 14.6 Å². The summed E-state index contributed by atoms with van der Waals surface area (Å²) in [5.74, 6) is -0.754. The number of nitrogens with one attached hydrogen (secondary N) is 1. The molecule has 1 amide bonds. The van der Waals surface area contributed by atoms with Gasteiger partial charge in [0.1, 0.15) is 0 Å². The zero-order valence-corrected chi connectivity index (χ0v) is 13.6. The van der Waals surface area contributed by atoms with E-state index < -0.39 is 23.8 Å². The summed E-state index contributed by atoms with van der Waals surface area (Å²) in [6, 6.07) is 5.28. The fourth-order valence-electron chi connectivity index (χ4n) is 2.53. The predicted molar refractivity (Wildman–Crippen MR) is 87.0 cm³/mol. The highest BCUT2D eigenvalue weighted by Crippen LogP contribution is 2.41. The molecule has 1 fully saturated rings. The lowest BCUT2D eigenvalue weighted by Crippen LogP contribution is -2.14. The van der Waals surface area contributed by atoms with Gasteiger partial charge in [0.25, 0.3) is 12.3 Å². The van der Waals surface area contributed by atoms with E-state index in [0.29, 0.717) is 6.54 Å². The Morgan fingerprint density at radius 3 is 2.77 bits per heavy atom. The molecule has 134 valence electrons. The summed E-state index contributed by atoms with van der Waals surface area (Å²) in [6.45, 7) is 0.495. The number of carbonyl (C=O) groups excluding carboxylic acids is 1. The van der Waals surface area contributed by atoms with Crippen LogP contribution >= 0.6 is 0 Å². The van der Waals surface area contributed by atoms with E-state index in [1.165, 1.54) is 0 Å². The van der Waals surface area contributed by atoms with Crippen molar-refractivity contribution >= 4 is 11.7 Å². The summed E-state index contributed by atoms with van der Waals surface area (Å²) < 4.78 is 33.2. The van der Waals surface area contributed by atoms with Crippen LogP contribution in [0.15, 0.2) is 41.2 Å². The first-order chi connectivity index (χ1) is 12.6. The molecule has 3 aromatic heterocycles. The first kappa shape index (κ1) is 16.4. The molecule has 4 rings (SSSR count). The van der Waals surface area contributed by atoms with E-state index in [2.05, 4.69) is 20.4 Å². The third-order valence-corrected chi connectivity index (χ3v) is 3.99. The van der Waals surface area contributed by atoms with Gasteiger partial charge in [0, 0.05) is 30.6 Å². The lowest BCUT2D eigenvalue weighted by Gasteiger charge is -2.02. The molecule has 0 spiro atoms. The molecule has 26 heavy (non-hydrogen) atoms. The van der Waals surface area contributed by atoms with Crippen LogP contribution in [0.1, 0.15) is 52.9 Å². The molecule has 0 unspecified atom stereocenters. The maximum Gasteiger partial charge on any atom is 0.294 e. The second kappa shape index (κ2) is 6.66. The van der Waals surface area contributed by atoms with Crippen LogP contribution in [0.5, 0.6) is 0 Å². The fraction of sp³-hybridized carbons (Fsp3) is 0.294. The van der Waals surface area contributed by atoms with Gasteiger partial charge in [-0.1, -0.05) is 0 Å². The van der Waals surface area contributed by atoms with Gasteiger partial charge in [0.15, 0.2) is 17.4 Å². The molecule has 0 atom stereocenters. The number of halogens is 2. The summed E-state index contributed by atoms with van der Waals surface area (Å²) in [5.41, 5.74) is 0.367. The molecule has 0 aliphatic heterocycles. The summed E-state index contributed by atoms with van der Waals surface area (Å²) >= 11 is 0. The monoisotopic (exact) mass is 359 g/mol. The Balaban J connectivity index is 1.48. The summed E-state index contributed by atoms with van der Waals surface area (Å²) in [5, 5.41) is 6.70. The lowest BCUT2D eigenvalue weighted by atomic mass is 10.3. The van der Waals surface area contributed by atoms with Crippen LogP contribution in [0.2, 0.25) is 0 Å². The Kier molecular flexibility index (Phi) is 4.19. The fourth-order valence-corrected chi connectivity index (χ4v) is 2.53. The molecule has 3 aromatic rings. The Morgan fingerprint density at radius 2 is 2.08 bits per heavy atom. The molecule has 1 saturated carbocycles. The highest BCUT2D eigenvalue weighted by molar-refractivity contribution is 6.02. The smallest absolute Gasteiger partial charge is 0.294 e. The van der Waals surface area contributed by atoms with E-state index >= 15 is 0 Å². The number of aromatic nitrogens is 4. The van der Waals surface area contributed by atoms with Crippen molar-refractivity contribution in [3.8, 4) is 0 Å². The SMILES string of the molecule is O=C(Nc1ccn(Cc2ccncc2)n1)c1oc(C2CC2)nc1C(F)F. The number of nitrogens with zero attached hydrogens (tertiary/aromatic N) is 4. The van der Waals surface area contributed by atoms with Gasteiger partial charge >= 0.3 is 0 Å². The number of oxazole rings is 1. The van der Waals surface area contributed by atoms with Crippen LogP contribution in [0, 0.1) is 0 Å². The van der Waals surface area contributed by atoms with E-state index in [0.717, 1.165) is 18.4 Å². The summed E-state index contributed by atoms with van der Waals surface area (Å²) in [6.07, 6.45) is 3.83. The van der Waals surface area contributed by atoms with Crippen molar-refractivity contribution in [3.63, 3.8) is 0 Å². The molecule has 0 saturated heterocycles. The third kappa shape index (κ3) is 3.46. The van der Waals surface area contributed by atoms with Crippen LogP contribution in [-0.4, -0.2) is 25.7 Å². The largest absolute Gasteiger partial charge is 0.435 e. The van der Waals surface area contributed by atoms with Crippen LogP contribution in [0.3, 0.4) is 0 Å². The topological polar surface area (TPSA) is 85.8 Å². The van der Waals surface area contributed by atoms with Crippen molar-refractivity contribution in [2.24, 2.45) is 0 Å². The van der Waals surface area contributed by atoms with Gasteiger partial charge in [-0.05, 0) is 30.5 Å². The Bertz CT molecular complexity index is 918. The first-order valence-corrected chi connectivity index (χ1v) is 8.12. The van der Waals surface area contributed by atoms with Crippen molar-refractivity contribution in [2.75, 3.05) is 5.32 Å². The predicted octanol–water partition coefficient (Wildman–Crippen LogP) is 3.38. The highest BCUT2D eigenvalue weighted by atomic mass is 19.3. The first-order valence-electron chi connectivity index (χ1n) is 8.12. The molecule has 0 radical (unpaired) electrons. The highest BCUT2D eigenvalue weighted by Gasteiger charge is 2.34. The average molecular weight is 359 g/mol. The van der Waals surface area contributed by atoms with Crippen molar-refractivity contribution < 1.29 is 18.0 Å². The molecule has 1 aliphatic carbocycles. The van der Waals surface area contributed by atoms with Crippen LogP contribution in [-0.2, 0) is 6.54 Å². The number of rotatable bonds is 6. The van der Waals surface area contributed by atoms with E-state index in [9.17, 15) is 13.6 Å². The number of carbonyl (C=O) groups is 1. The number of alkyl halides is 2. The quantitative estimate of drug-likeness (QED) is 0.729. The number of hydrogen-bond donors (Lipinski definition) is 1. The van der Waals surface area contributed by atoms with Gasteiger partial charge in [-0.2, -0.15) is 5.10 Å². The zero-order valence-electron chi connectivity index (χ0n) is 13.6. The van der Waals surface area contributed by atoms with Gasteiger partial charge in [-0.15, -0.1) is 0 Å². The van der Waals surface area contributed by atoms with Crippen LogP contribution in [0.25, 0.3) is 0 Å². The van der Waals surface area contributed by atoms with Gasteiger partial charge in [0.05, 0.1) is 6.54 Å². The Morgan fingerprint density at radius 1 is 1.31 bits per heavy atom. The molecule has 9 heteroatoms. The molecule has 1 N–H and O–H groups in total. The second-order valence-corrected chi connectivity index (χ2v) is 6.05. The molecular formula is C17H15F2N5O2. The summed E-state index contributed by atoms with van der Waals surface area (Å²) in [4.78, 5) is 20.1. The number of hydrogen-bond acceptors (Lipinski definition) is 5. The minimum absolute atomic E-state index is 0.0358. The van der Waals surface area contributed by atoms with Crippen molar-refractivity contribution in [2.45, 2.75) is 31.7 Å². The minimum Gasteiger partial charge on any atom is -0.435 e. The third-order valence-electron chi connectivity index (χ3n) is 3.99. The average Bonchev–Trinajstić information content (AvgIpc) is 3.22. The molecule has 0 bridgehead atoms. The maximum atomic E-state index is 13.1. The van der Waals surface area contributed by atoms with E-state index in [1.54, 1.807) is 29.3 Å². The molecular weight excluding hydrogens is 344 g/mol. The Hall–Kier alpha value is -3.10. The van der Waals surface area contributed by atoms with E-state index in [-0.39, 0.29) is 17.6 Å². The molecule has 0 aromatic carbocycles. The number of anilines is 1. The summed E-state index contributed by atoms with van der Waals surface area (Å²) in [7, 11) is 0. The van der Waals surface area contributed by atoms with E-state index in [4.69, 9.17) is 4.42 Å². The van der Waals surface area contributed by atoms with Crippen molar-refractivity contribution in [3.05, 3.63) is 59.7 Å². The van der Waals surface area contributed by atoms with Gasteiger partial charge in [0.2, 0.25) is 5.76 Å². The maximum absolute atomic E-state index is 13.1. The van der Waals surface area contributed by atoms with Gasteiger partial charge < -0.3 is 9.73 Å². The van der Waals surface area contributed by atoms with Crippen molar-refractivity contribution in [1.82, 2.24) is 19.7 Å². The van der Waals surface area contributed by atoms with Crippen molar-refractivity contribution in [1.29, 1.82) is 0 Å². The van der Waals surface area contributed by atoms with Gasteiger partial charge in [-0.25, -0.2) is 13.8 Å². The van der Waals surface area contributed by atoms with Gasteiger partial charge in [-0.3, -0.25) is 14.5 Å². The molecule has 7 nitrogen and oxygen atoms in total. The second-order valence-electron chi connectivity index (χ2n) is 6.05. The standard InChI is InChI=1S/C17H15F2N5O2/c18-15(19)13-14(26-17(22-13)11-1-2-11)16(25)21-12-5-8-24(23-12)9-10-3-6-20-7-4-10/h3-8,11,15H,1-2,9H2,(H,21,23,25).